The van der Waals surface area contributed by atoms with Crippen LogP contribution in [0.5, 0.6) is 5.75 Å². The van der Waals surface area contributed by atoms with Gasteiger partial charge in [-0.1, -0.05) is 65.7 Å². The van der Waals surface area contributed by atoms with Crippen LogP contribution in [0.4, 0.5) is 5.69 Å². The normalized spacial score (nSPS) is 12.4. The lowest BCUT2D eigenvalue weighted by molar-refractivity contribution is -0.140. The van der Waals surface area contributed by atoms with Crippen molar-refractivity contribution in [2.45, 2.75) is 45.3 Å². The number of anilines is 1. The molecule has 2 amide bonds. The van der Waals surface area contributed by atoms with Gasteiger partial charge in [-0.05, 0) is 50.6 Å². The third kappa shape index (κ3) is 9.11. The molecule has 0 unspecified atom stereocenters. The first kappa shape index (κ1) is 32.2. The molecule has 0 aliphatic rings. The highest BCUT2D eigenvalue weighted by Crippen LogP contribution is 2.28. The zero-order valence-electron chi connectivity index (χ0n) is 23.7. The van der Waals surface area contributed by atoms with Gasteiger partial charge in [0.15, 0.2) is 0 Å². The summed E-state index contributed by atoms with van der Waals surface area (Å²) in [7, 11) is -2.45. The Balaban J connectivity index is 2.13. The largest absolute Gasteiger partial charge is 0.497 e. The predicted octanol–water partition coefficient (Wildman–Crippen LogP) is 5.32. The van der Waals surface area contributed by atoms with E-state index in [1.807, 2.05) is 51.1 Å². The molecule has 3 aromatic carbocycles. The van der Waals surface area contributed by atoms with Gasteiger partial charge in [-0.3, -0.25) is 13.9 Å². The average molecular weight is 621 g/mol. The van der Waals surface area contributed by atoms with E-state index in [1.165, 1.54) is 18.1 Å². The summed E-state index contributed by atoms with van der Waals surface area (Å²) in [4.78, 5) is 29.3. The van der Waals surface area contributed by atoms with Crippen molar-refractivity contribution in [1.82, 2.24) is 10.2 Å². The van der Waals surface area contributed by atoms with Gasteiger partial charge in [-0.25, -0.2) is 8.42 Å². The van der Waals surface area contributed by atoms with Crippen LogP contribution < -0.4 is 14.4 Å². The number of methoxy groups -OCH3 is 1. The van der Waals surface area contributed by atoms with Crippen molar-refractivity contribution >= 4 is 50.7 Å². The summed E-state index contributed by atoms with van der Waals surface area (Å²) >= 11 is 13.0. The Kier molecular flexibility index (Phi) is 10.7. The molecule has 0 aliphatic heterocycles. The minimum atomic E-state index is -3.92. The van der Waals surface area contributed by atoms with E-state index in [2.05, 4.69) is 5.32 Å². The smallest absolute Gasteiger partial charge is 0.244 e. The fourth-order valence-electron chi connectivity index (χ4n) is 4.24. The molecular weight excluding hydrogens is 585 g/mol. The lowest BCUT2D eigenvalue weighted by Gasteiger charge is -2.35. The molecule has 41 heavy (non-hydrogen) atoms. The van der Waals surface area contributed by atoms with Gasteiger partial charge >= 0.3 is 0 Å². The summed E-state index contributed by atoms with van der Waals surface area (Å²) in [6.07, 6.45) is 1.19. The number of hydrogen-bond acceptors (Lipinski definition) is 5. The predicted molar refractivity (Wildman–Crippen MR) is 164 cm³/mol. The molecule has 3 aromatic rings. The zero-order valence-corrected chi connectivity index (χ0v) is 26.1. The van der Waals surface area contributed by atoms with Crippen molar-refractivity contribution in [2.24, 2.45) is 0 Å². The Morgan fingerprint density at radius 3 is 2.12 bits per heavy atom. The van der Waals surface area contributed by atoms with Crippen LogP contribution in [0.2, 0.25) is 10.0 Å². The molecule has 3 rings (SSSR count). The highest BCUT2D eigenvalue weighted by molar-refractivity contribution is 7.92. The van der Waals surface area contributed by atoms with Crippen LogP contribution in [0.15, 0.2) is 72.8 Å². The van der Waals surface area contributed by atoms with Gasteiger partial charge in [-0.2, -0.15) is 0 Å². The van der Waals surface area contributed by atoms with E-state index >= 15 is 0 Å². The first-order valence-electron chi connectivity index (χ1n) is 12.9. The summed E-state index contributed by atoms with van der Waals surface area (Å²) in [5.74, 6) is -0.584. The molecule has 0 heterocycles. The number of halogens is 2. The second-order valence-corrected chi connectivity index (χ2v) is 13.4. The van der Waals surface area contributed by atoms with Crippen molar-refractivity contribution < 1.29 is 22.7 Å². The minimum absolute atomic E-state index is 0.123. The van der Waals surface area contributed by atoms with E-state index in [0.717, 1.165) is 16.1 Å². The van der Waals surface area contributed by atoms with E-state index in [4.69, 9.17) is 27.9 Å². The maximum atomic E-state index is 14.2. The van der Waals surface area contributed by atoms with Gasteiger partial charge in [0.1, 0.15) is 18.3 Å². The number of carbonyl (C=O) groups is 2. The lowest BCUT2D eigenvalue weighted by atomic mass is 10.0. The van der Waals surface area contributed by atoms with Crippen molar-refractivity contribution in [3.8, 4) is 5.75 Å². The molecule has 0 bridgehead atoms. The van der Waals surface area contributed by atoms with Gasteiger partial charge in [0.05, 0.1) is 19.1 Å². The molecule has 8 nitrogen and oxygen atoms in total. The number of hydrogen-bond donors (Lipinski definition) is 1. The number of nitrogens with one attached hydrogen (secondary N) is 1. The SMILES string of the molecule is COc1cccc(N(CC(=O)N(Cc2c(Cl)cccc2Cl)[C@H](Cc2ccccc2)C(=O)NC(C)(C)C)S(C)(=O)=O)c1. The zero-order chi connectivity index (χ0) is 30.4. The van der Waals surface area contributed by atoms with Crippen molar-refractivity contribution in [3.05, 3.63) is 94.0 Å². The van der Waals surface area contributed by atoms with Crippen molar-refractivity contribution in [1.29, 1.82) is 0 Å². The van der Waals surface area contributed by atoms with Crippen LogP contribution in [-0.2, 0) is 32.6 Å². The van der Waals surface area contributed by atoms with Crippen LogP contribution >= 0.6 is 23.2 Å². The number of sulfonamides is 1. The van der Waals surface area contributed by atoms with Gasteiger partial charge in [0, 0.05) is 40.2 Å². The molecule has 0 saturated heterocycles. The Hall–Kier alpha value is -3.27. The fraction of sp³-hybridized carbons (Fsp3) is 0.333. The first-order chi connectivity index (χ1) is 19.2. The van der Waals surface area contributed by atoms with E-state index in [-0.39, 0.29) is 18.7 Å². The van der Waals surface area contributed by atoms with Crippen molar-refractivity contribution in [2.75, 3.05) is 24.2 Å². The van der Waals surface area contributed by atoms with Gasteiger partial charge in [0.2, 0.25) is 21.8 Å². The van der Waals surface area contributed by atoms with Crippen LogP contribution in [0, 0.1) is 0 Å². The van der Waals surface area contributed by atoms with Gasteiger partial charge in [-0.15, -0.1) is 0 Å². The third-order valence-corrected chi connectivity index (χ3v) is 8.03. The number of ether oxygens (including phenoxy) is 1. The van der Waals surface area contributed by atoms with E-state index in [9.17, 15) is 18.0 Å². The Morgan fingerprint density at radius 1 is 0.951 bits per heavy atom. The number of benzene rings is 3. The standard InChI is InChI=1S/C30H35Cl2N3O5S/c1-30(2,3)33-29(37)27(17-21-11-7-6-8-12-21)34(19-24-25(31)15-10-16-26(24)32)28(36)20-35(41(5,38)39)22-13-9-14-23(18-22)40-4/h6-16,18,27H,17,19-20H2,1-5H3,(H,33,37)/t27-/m1/s1. The molecule has 0 fully saturated rings. The minimum Gasteiger partial charge on any atom is -0.497 e. The summed E-state index contributed by atoms with van der Waals surface area (Å²) in [5.41, 5.74) is 0.910. The quantitative estimate of drug-likeness (QED) is 0.313. The molecule has 0 radical (unpaired) electrons. The molecule has 0 aromatic heterocycles. The molecule has 1 N–H and O–H groups in total. The molecule has 11 heteroatoms. The topological polar surface area (TPSA) is 96.0 Å². The number of nitrogens with zero attached hydrogens (tertiary/aromatic N) is 2. The highest BCUT2D eigenvalue weighted by Gasteiger charge is 2.35. The maximum absolute atomic E-state index is 14.2. The second-order valence-electron chi connectivity index (χ2n) is 10.6. The second kappa shape index (κ2) is 13.6. The number of carbonyl (C=O) groups excluding carboxylic acids is 2. The highest BCUT2D eigenvalue weighted by atomic mass is 35.5. The van der Waals surface area contributed by atoms with E-state index < -0.39 is 40.0 Å². The Morgan fingerprint density at radius 2 is 1.56 bits per heavy atom. The van der Waals surface area contributed by atoms with E-state index in [0.29, 0.717) is 21.4 Å². The van der Waals surface area contributed by atoms with Gasteiger partial charge in [0.25, 0.3) is 0 Å². The molecular formula is C30H35Cl2N3O5S. The lowest BCUT2D eigenvalue weighted by Crippen LogP contribution is -2.56. The van der Waals surface area contributed by atoms with E-state index in [1.54, 1.807) is 36.4 Å². The molecule has 0 spiro atoms. The van der Waals surface area contributed by atoms with Gasteiger partial charge < -0.3 is 15.0 Å². The van der Waals surface area contributed by atoms with Crippen LogP contribution in [0.1, 0.15) is 31.9 Å². The monoisotopic (exact) mass is 619 g/mol. The third-order valence-electron chi connectivity index (χ3n) is 6.18. The van der Waals surface area contributed by atoms with Crippen LogP contribution in [0.25, 0.3) is 0 Å². The summed E-state index contributed by atoms with van der Waals surface area (Å²) in [6, 6.07) is 19.6. The Bertz CT molecular complexity index is 1460. The molecule has 220 valence electrons. The Labute approximate surface area is 252 Å². The van der Waals surface area contributed by atoms with Crippen molar-refractivity contribution in [3.63, 3.8) is 0 Å². The number of rotatable bonds is 11. The van der Waals surface area contributed by atoms with Crippen LogP contribution in [-0.4, -0.2) is 56.6 Å². The first-order valence-corrected chi connectivity index (χ1v) is 15.5. The number of amides is 2. The maximum Gasteiger partial charge on any atom is 0.244 e. The van der Waals surface area contributed by atoms with Crippen LogP contribution in [0.3, 0.4) is 0 Å². The fourth-order valence-corrected chi connectivity index (χ4v) is 5.60. The molecule has 1 atom stereocenters. The summed E-state index contributed by atoms with van der Waals surface area (Å²) < 4.78 is 32.1. The summed E-state index contributed by atoms with van der Waals surface area (Å²) in [6.45, 7) is 4.84. The molecule has 0 saturated carbocycles. The molecule has 0 aliphatic carbocycles. The average Bonchev–Trinajstić information content (AvgIpc) is 2.89. The summed E-state index contributed by atoms with van der Waals surface area (Å²) in [5, 5.41) is 3.61.